The Bertz CT molecular complexity index is 519. The molecule has 1 aromatic rings. The van der Waals surface area contributed by atoms with Gasteiger partial charge >= 0.3 is 0 Å². The molecule has 6 heteroatoms. The lowest BCUT2D eigenvalue weighted by atomic mass is 10.1. The first-order valence-corrected chi connectivity index (χ1v) is 8.31. The predicted molar refractivity (Wildman–Crippen MR) is 110 cm³/mol. The predicted octanol–water partition coefficient (Wildman–Crippen LogP) is 2.92. The maximum atomic E-state index is 5.95. The largest absolute Gasteiger partial charge is 0.489 e. The van der Waals surface area contributed by atoms with Gasteiger partial charge in [-0.3, -0.25) is 4.99 Å². The zero-order chi connectivity index (χ0) is 16.7. The zero-order valence-electron chi connectivity index (χ0n) is 15.1. The first kappa shape index (κ1) is 21.0. The fourth-order valence-electron chi connectivity index (χ4n) is 2.78. The van der Waals surface area contributed by atoms with Gasteiger partial charge in [0.25, 0.3) is 0 Å². The van der Waals surface area contributed by atoms with Crippen LogP contribution in [0.3, 0.4) is 0 Å². The van der Waals surface area contributed by atoms with E-state index in [1.807, 2.05) is 19.2 Å². The van der Waals surface area contributed by atoms with E-state index in [1.165, 1.54) is 5.56 Å². The van der Waals surface area contributed by atoms with Crippen LogP contribution in [0.15, 0.2) is 29.3 Å². The Morgan fingerprint density at radius 3 is 2.92 bits per heavy atom. The smallest absolute Gasteiger partial charge is 0.193 e. The lowest BCUT2D eigenvalue weighted by molar-refractivity contribution is 0.180. The van der Waals surface area contributed by atoms with E-state index in [0.29, 0.717) is 12.5 Å². The average molecular weight is 447 g/mol. The van der Waals surface area contributed by atoms with Gasteiger partial charge in [-0.25, -0.2) is 0 Å². The number of halogens is 1. The van der Waals surface area contributed by atoms with E-state index in [-0.39, 0.29) is 30.1 Å². The normalized spacial score (nSPS) is 18.7. The summed E-state index contributed by atoms with van der Waals surface area (Å²) < 4.78 is 11.4. The summed E-state index contributed by atoms with van der Waals surface area (Å²) in [5.74, 6) is 2.40. The molecule has 24 heavy (non-hydrogen) atoms. The molecule has 1 aliphatic heterocycles. The van der Waals surface area contributed by atoms with E-state index in [4.69, 9.17) is 9.47 Å². The van der Waals surface area contributed by atoms with Gasteiger partial charge in [0, 0.05) is 33.2 Å². The van der Waals surface area contributed by atoms with Gasteiger partial charge in [0.15, 0.2) is 5.96 Å². The summed E-state index contributed by atoms with van der Waals surface area (Å²) in [6.07, 6.45) is 1.20. The number of hydrogen-bond acceptors (Lipinski definition) is 3. The van der Waals surface area contributed by atoms with Crippen molar-refractivity contribution in [3.05, 3.63) is 29.8 Å². The van der Waals surface area contributed by atoms with Crippen molar-refractivity contribution in [2.24, 2.45) is 10.9 Å². The summed E-state index contributed by atoms with van der Waals surface area (Å²) in [6.45, 7) is 7.55. The van der Waals surface area contributed by atoms with Crippen molar-refractivity contribution in [3.8, 4) is 5.75 Å². The molecule has 0 bridgehead atoms. The molecule has 1 fully saturated rings. The third kappa shape index (κ3) is 6.84. The van der Waals surface area contributed by atoms with Crippen LogP contribution >= 0.6 is 24.0 Å². The monoisotopic (exact) mass is 447 g/mol. The van der Waals surface area contributed by atoms with Crippen LogP contribution in [0.4, 0.5) is 0 Å². The molecule has 2 rings (SSSR count). The second-order valence-corrected chi connectivity index (χ2v) is 6.28. The van der Waals surface area contributed by atoms with E-state index in [0.717, 1.165) is 37.9 Å². The summed E-state index contributed by atoms with van der Waals surface area (Å²) in [5, 5.41) is 3.39. The number of aryl methyl sites for hydroxylation is 1. The highest BCUT2D eigenvalue weighted by molar-refractivity contribution is 14.0. The minimum Gasteiger partial charge on any atom is -0.489 e. The van der Waals surface area contributed by atoms with Crippen LogP contribution in [0.2, 0.25) is 0 Å². The molecule has 5 nitrogen and oxygen atoms in total. The highest BCUT2D eigenvalue weighted by Crippen LogP contribution is 2.14. The van der Waals surface area contributed by atoms with Gasteiger partial charge in [-0.05, 0) is 38.0 Å². The first-order valence-electron chi connectivity index (χ1n) is 8.31. The third-order valence-electron chi connectivity index (χ3n) is 4.00. The van der Waals surface area contributed by atoms with Crippen LogP contribution in [0.25, 0.3) is 0 Å². The number of nitrogens with one attached hydrogen (secondary N) is 1. The number of hydrogen-bond donors (Lipinski definition) is 1. The summed E-state index contributed by atoms with van der Waals surface area (Å²) in [5.41, 5.74) is 1.21. The summed E-state index contributed by atoms with van der Waals surface area (Å²) >= 11 is 0. The van der Waals surface area contributed by atoms with Gasteiger partial charge in [0.2, 0.25) is 0 Å². The maximum absolute atomic E-state index is 5.95. The molecule has 1 saturated heterocycles. The van der Waals surface area contributed by atoms with Crippen molar-refractivity contribution in [3.63, 3.8) is 0 Å². The minimum absolute atomic E-state index is 0. The van der Waals surface area contributed by atoms with Crippen LogP contribution in [0.1, 0.15) is 18.9 Å². The van der Waals surface area contributed by atoms with Crippen LogP contribution in [0, 0.1) is 12.8 Å². The minimum atomic E-state index is 0. The van der Waals surface area contributed by atoms with Crippen LogP contribution in [-0.4, -0.2) is 57.4 Å². The van der Waals surface area contributed by atoms with Crippen LogP contribution in [0.5, 0.6) is 5.75 Å². The average Bonchev–Trinajstić information content (AvgIpc) is 3.00. The van der Waals surface area contributed by atoms with Gasteiger partial charge in [-0.15, -0.1) is 24.0 Å². The lowest BCUT2D eigenvalue weighted by Gasteiger charge is -2.25. The molecule has 2 unspecified atom stereocenters. The van der Waals surface area contributed by atoms with Crippen molar-refractivity contribution in [2.75, 3.05) is 40.4 Å². The van der Waals surface area contributed by atoms with Crippen molar-refractivity contribution < 1.29 is 9.47 Å². The highest BCUT2D eigenvalue weighted by atomic mass is 127. The Morgan fingerprint density at radius 2 is 2.29 bits per heavy atom. The van der Waals surface area contributed by atoms with Crippen molar-refractivity contribution in [1.82, 2.24) is 10.2 Å². The Hall–Kier alpha value is -1.02. The van der Waals surface area contributed by atoms with E-state index in [1.54, 1.807) is 0 Å². The van der Waals surface area contributed by atoms with Crippen molar-refractivity contribution in [1.29, 1.82) is 0 Å². The van der Waals surface area contributed by atoms with Gasteiger partial charge in [-0.1, -0.05) is 12.1 Å². The first-order chi connectivity index (χ1) is 11.1. The highest BCUT2D eigenvalue weighted by Gasteiger charge is 2.19. The molecule has 0 aromatic heterocycles. The van der Waals surface area contributed by atoms with Crippen LogP contribution in [-0.2, 0) is 4.74 Å². The molecule has 0 spiro atoms. The molecular weight excluding hydrogens is 417 g/mol. The second kappa shape index (κ2) is 10.8. The SMILES string of the molecule is CN=C(NCC(C)Oc1cccc(C)c1)N(C)CC1CCOC1.I. The quantitative estimate of drug-likeness (QED) is 0.414. The van der Waals surface area contributed by atoms with Gasteiger partial charge in [0.05, 0.1) is 13.2 Å². The molecule has 0 aliphatic carbocycles. The lowest BCUT2D eigenvalue weighted by Crippen LogP contribution is -2.44. The Labute approximate surface area is 162 Å². The second-order valence-electron chi connectivity index (χ2n) is 6.28. The van der Waals surface area contributed by atoms with E-state index < -0.39 is 0 Å². The molecule has 0 radical (unpaired) electrons. The number of benzene rings is 1. The van der Waals surface area contributed by atoms with E-state index in [2.05, 4.69) is 48.2 Å². The molecule has 2 atom stereocenters. The maximum Gasteiger partial charge on any atom is 0.193 e. The van der Waals surface area contributed by atoms with Gasteiger partial charge in [-0.2, -0.15) is 0 Å². The summed E-state index contributed by atoms with van der Waals surface area (Å²) in [4.78, 5) is 6.52. The number of rotatable bonds is 6. The van der Waals surface area contributed by atoms with Gasteiger partial charge < -0.3 is 19.7 Å². The van der Waals surface area contributed by atoms with Crippen LogP contribution < -0.4 is 10.1 Å². The molecular formula is C18H30IN3O2. The standard InChI is InChI=1S/C18H29N3O2.HI/c1-14-6-5-7-17(10-14)23-15(2)11-20-18(19-3)21(4)12-16-8-9-22-13-16;/h5-7,10,15-16H,8-9,11-13H2,1-4H3,(H,19,20);1H. The fraction of sp³-hybridized carbons (Fsp3) is 0.611. The Morgan fingerprint density at radius 1 is 1.50 bits per heavy atom. The number of guanidine groups is 1. The van der Waals surface area contributed by atoms with Crippen molar-refractivity contribution in [2.45, 2.75) is 26.4 Å². The summed E-state index contributed by atoms with van der Waals surface area (Å²) in [6, 6.07) is 8.13. The molecule has 1 heterocycles. The zero-order valence-corrected chi connectivity index (χ0v) is 17.4. The molecule has 1 N–H and O–H groups in total. The number of aliphatic imine (C=N–C) groups is 1. The Kier molecular flexibility index (Phi) is 9.43. The molecule has 136 valence electrons. The summed E-state index contributed by atoms with van der Waals surface area (Å²) in [7, 11) is 3.88. The molecule has 1 aliphatic rings. The molecule has 0 amide bonds. The molecule has 0 saturated carbocycles. The van der Waals surface area contributed by atoms with E-state index >= 15 is 0 Å². The van der Waals surface area contributed by atoms with Crippen molar-refractivity contribution >= 4 is 29.9 Å². The fourth-order valence-corrected chi connectivity index (χ4v) is 2.78. The van der Waals surface area contributed by atoms with Gasteiger partial charge in [0.1, 0.15) is 11.9 Å². The molecule has 1 aromatic carbocycles. The number of ether oxygens (including phenoxy) is 2. The topological polar surface area (TPSA) is 46.1 Å². The Balaban J connectivity index is 0.00000288. The third-order valence-corrected chi connectivity index (χ3v) is 4.00. The number of nitrogens with zero attached hydrogens (tertiary/aromatic N) is 2. The van der Waals surface area contributed by atoms with E-state index in [9.17, 15) is 0 Å².